The van der Waals surface area contributed by atoms with Crippen LogP contribution in [-0.4, -0.2) is 35.0 Å². The molecule has 0 unspecified atom stereocenters. The first-order chi connectivity index (χ1) is 14.8. The van der Waals surface area contributed by atoms with Crippen LogP contribution in [0.2, 0.25) is 0 Å². The van der Waals surface area contributed by atoms with Crippen molar-refractivity contribution in [3.05, 3.63) is 82.3 Å². The lowest BCUT2D eigenvalue weighted by Gasteiger charge is -2.20. The van der Waals surface area contributed by atoms with E-state index >= 15 is 0 Å². The predicted molar refractivity (Wildman–Crippen MR) is 125 cm³/mol. The molecular weight excluding hydrogens is 500 g/mol. The highest BCUT2D eigenvalue weighted by Gasteiger charge is 2.24. The van der Waals surface area contributed by atoms with Gasteiger partial charge in [0.05, 0.1) is 23.0 Å². The molecule has 7 nitrogen and oxygen atoms in total. The number of nitrogens with zero attached hydrogens (tertiary/aromatic N) is 3. The van der Waals surface area contributed by atoms with Gasteiger partial charge < -0.3 is 4.90 Å². The van der Waals surface area contributed by atoms with Gasteiger partial charge in [0.1, 0.15) is 15.9 Å². The maximum Gasteiger partial charge on any atom is 0.264 e. The Balaban J connectivity index is 1.67. The molecule has 1 aromatic heterocycles. The molecule has 31 heavy (non-hydrogen) atoms. The average Bonchev–Trinajstić information content (AvgIpc) is 3.22. The third kappa shape index (κ3) is 4.60. The number of carbonyl (C=O) groups is 1. The minimum atomic E-state index is -4.00. The van der Waals surface area contributed by atoms with Gasteiger partial charge in [-0.3, -0.25) is 9.52 Å². The van der Waals surface area contributed by atoms with E-state index < -0.39 is 10.0 Å². The van der Waals surface area contributed by atoms with Crippen LogP contribution < -0.4 is 4.72 Å². The van der Waals surface area contributed by atoms with Crippen LogP contribution in [0, 0.1) is 0 Å². The number of hydrogen-bond acceptors (Lipinski definition) is 6. The molecule has 0 aliphatic rings. The van der Waals surface area contributed by atoms with Gasteiger partial charge in [-0.15, -0.1) is 0 Å². The Hall–Kier alpha value is -2.82. The number of halogens is 1. The standard InChI is InChI=1S/C21H17BrN4O3S2/c1-26(13-14-6-3-2-4-7-14)21(27)16-11-10-15(22)12-18(16)25-31(28,29)19-9-5-8-17-20(19)24-30-23-17/h2-12,25H,13H2,1H3. The smallest absolute Gasteiger partial charge is 0.264 e. The number of carbonyl (C=O) groups excluding carboxylic acids is 1. The first kappa shape index (κ1) is 21.4. The van der Waals surface area contributed by atoms with E-state index in [4.69, 9.17) is 0 Å². The van der Waals surface area contributed by atoms with Crippen LogP contribution in [0.1, 0.15) is 15.9 Å². The van der Waals surface area contributed by atoms with Crippen molar-refractivity contribution in [2.45, 2.75) is 11.4 Å². The van der Waals surface area contributed by atoms with E-state index in [9.17, 15) is 13.2 Å². The van der Waals surface area contributed by atoms with Crippen LogP contribution in [0.15, 0.2) is 76.1 Å². The molecule has 0 atom stereocenters. The maximum absolute atomic E-state index is 13.1. The molecule has 1 heterocycles. The van der Waals surface area contributed by atoms with Gasteiger partial charge in [-0.05, 0) is 35.9 Å². The fraction of sp³-hybridized carbons (Fsp3) is 0.0952. The highest BCUT2D eigenvalue weighted by molar-refractivity contribution is 9.10. The van der Waals surface area contributed by atoms with Gasteiger partial charge in [0.25, 0.3) is 15.9 Å². The lowest BCUT2D eigenvalue weighted by atomic mass is 10.1. The van der Waals surface area contributed by atoms with Crippen LogP contribution in [-0.2, 0) is 16.6 Å². The highest BCUT2D eigenvalue weighted by atomic mass is 79.9. The summed E-state index contributed by atoms with van der Waals surface area (Å²) >= 11 is 4.30. The van der Waals surface area contributed by atoms with Gasteiger partial charge in [-0.2, -0.15) is 8.75 Å². The molecule has 0 fully saturated rings. The number of sulfonamides is 1. The van der Waals surface area contributed by atoms with E-state index in [1.54, 1.807) is 42.3 Å². The molecule has 0 saturated heterocycles. The molecule has 0 bridgehead atoms. The monoisotopic (exact) mass is 516 g/mol. The largest absolute Gasteiger partial charge is 0.337 e. The summed E-state index contributed by atoms with van der Waals surface area (Å²) in [7, 11) is -2.33. The second kappa shape index (κ2) is 8.74. The van der Waals surface area contributed by atoms with Crippen LogP contribution in [0.3, 0.4) is 0 Å². The number of nitrogens with one attached hydrogen (secondary N) is 1. The highest BCUT2D eigenvalue weighted by Crippen LogP contribution is 2.28. The SMILES string of the molecule is CN(Cc1ccccc1)C(=O)c1ccc(Br)cc1NS(=O)(=O)c1cccc2nsnc12. The van der Waals surface area contributed by atoms with Gasteiger partial charge in [-0.25, -0.2) is 8.42 Å². The van der Waals surface area contributed by atoms with Gasteiger partial charge in [0, 0.05) is 18.1 Å². The molecule has 1 N–H and O–H groups in total. The quantitative estimate of drug-likeness (QED) is 0.406. The zero-order valence-corrected chi connectivity index (χ0v) is 19.5. The van der Waals surface area contributed by atoms with E-state index in [0.29, 0.717) is 22.1 Å². The number of amides is 1. The van der Waals surface area contributed by atoms with Crippen LogP contribution in [0.5, 0.6) is 0 Å². The lowest BCUT2D eigenvalue weighted by Crippen LogP contribution is -2.27. The van der Waals surface area contributed by atoms with Gasteiger partial charge in [-0.1, -0.05) is 52.3 Å². The van der Waals surface area contributed by atoms with E-state index in [0.717, 1.165) is 17.3 Å². The van der Waals surface area contributed by atoms with E-state index in [1.807, 2.05) is 30.3 Å². The Morgan fingerprint density at radius 1 is 1.06 bits per heavy atom. The number of aromatic nitrogens is 2. The zero-order valence-electron chi connectivity index (χ0n) is 16.3. The van der Waals surface area contributed by atoms with E-state index in [1.165, 1.54) is 6.07 Å². The summed E-state index contributed by atoms with van der Waals surface area (Å²) in [6.07, 6.45) is 0. The summed E-state index contributed by atoms with van der Waals surface area (Å²) in [6, 6.07) is 19.2. The number of rotatable bonds is 6. The fourth-order valence-electron chi connectivity index (χ4n) is 3.12. The number of fused-ring (bicyclic) bond motifs is 1. The van der Waals surface area contributed by atoms with Gasteiger partial charge >= 0.3 is 0 Å². The second-order valence-electron chi connectivity index (χ2n) is 6.83. The molecule has 0 aliphatic carbocycles. The van der Waals surface area contributed by atoms with Crippen molar-refractivity contribution in [2.24, 2.45) is 0 Å². The first-order valence-electron chi connectivity index (χ1n) is 9.18. The molecule has 3 aromatic carbocycles. The van der Waals surface area contributed by atoms with Gasteiger partial charge in [0.2, 0.25) is 0 Å². The Bertz CT molecular complexity index is 1360. The topological polar surface area (TPSA) is 92.3 Å². The number of hydrogen-bond donors (Lipinski definition) is 1. The molecule has 1 amide bonds. The third-order valence-electron chi connectivity index (χ3n) is 4.60. The molecular formula is C21H17BrN4O3S2. The molecule has 0 saturated carbocycles. The minimum absolute atomic E-state index is 0.00904. The maximum atomic E-state index is 13.1. The third-order valence-corrected chi connectivity index (χ3v) is 7.04. The Morgan fingerprint density at radius 2 is 1.84 bits per heavy atom. The molecule has 0 spiro atoms. The molecule has 4 rings (SSSR count). The van der Waals surface area contributed by atoms with Crippen LogP contribution in [0.4, 0.5) is 5.69 Å². The summed E-state index contributed by atoms with van der Waals surface area (Å²) < 4.78 is 37.7. The average molecular weight is 517 g/mol. The molecule has 158 valence electrons. The van der Waals surface area contributed by atoms with Crippen LogP contribution >= 0.6 is 27.7 Å². The summed E-state index contributed by atoms with van der Waals surface area (Å²) in [6.45, 7) is 0.395. The van der Waals surface area contributed by atoms with E-state index in [2.05, 4.69) is 29.4 Å². The first-order valence-corrected chi connectivity index (χ1v) is 12.2. The Morgan fingerprint density at radius 3 is 2.61 bits per heavy atom. The second-order valence-corrected chi connectivity index (χ2v) is 9.93. The van der Waals surface area contributed by atoms with Crippen molar-refractivity contribution < 1.29 is 13.2 Å². The lowest BCUT2D eigenvalue weighted by molar-refractivity contribution is 0.0786. The molecule has 0 radical (unpaired) electrons. The molecule has 10 heteroatoms. The Labute approximate surface area is 192 Å². The fourth-order valence-corrected chi connectivity index (χ4v) is 5.32. The zero-order chi connectivity index (χ0) is 22.0. The Kier molecular flexibility index (Phi) is 6.03. The minimum Gasteiger partial charge on any atom is -0.337 e. The van der Waals surface area contributed by atoms with Crippen molar-refractivity contribution >= 4 is 60.3 Å². The van der Waals surface area contributed by atoms with Crippen molar-refractivity contribution in [3.8, 4) is 0 Å². The predicted octanol–water partition coefficient (Wildman–Crippen LogP) is 4.53. The van der Waals surface area contributed by atoms with Crippen molar-refractivity contribution in [3.63, 3.8) is 0 Å². The van der Waals surface area contributed by atoms with Crippen molar-refractivity contribution in [2.75, 3.05) is 11.8 Å². The normalized spacial score (nSPS) is 11.4. The molecule has 0 aliphatic heterocycles. The molecule has 4 aromatic rings. The van der Waals surface area contributed by atoms with E-state index in [-0.39, 0.29) is 22.1 Å². The van der Waals surface area contributed by atoms with Crippen LogP contribution in [0.25, 0.3) is 11.0 Å². The summed E-state index contributed by atoms with van der Waals surface area (Å²) in [5, 5.41) is 0. The number of benzene rings is 3. The summed E-state index contributed by atoms with van der Waals surface area (Å²) in [4.78, 5) is 14.7. The number of anilines is 1. The van der Waals surface area contributed by atoms with Crippen molar-refractivity contribution in [1.29, 1.82) is 0 Å². The van der Waals surface area contributed by atoms with Crippen molar-refractivity contribution in [1.82, 2.24) is 13.6 Å². The van der Waals surface area contributed by atoms with Gasteiger partial charge in [0.15, 0.2) is 0 Å². The summed E-state index contributed by atoms with van der Waals surface area (Å²) in [5.41, 5.74) is 2.19. The summed E-state index contributed by atoms with van der Waals surface area (Å²) in [5.74, 6) is -0.303.